The van der Waals surface area contributed by atoms with E-state index in [1.807, 2.05) is 18.2 Å². The highest BCUT2D eigenvalue weighted by atomic mass is 16.5. The molecule has 1 saturated heterocycles. The molecule has 1 atom stereocenters. The van der Waals surface area contributed by atoms with Gasteiger partial charge in [0.25, 0.3) is 0 Å². The number of unbranched alkanes of at least 4 members (excludes halogenated alkanes) is 1. The van der Waals surface area contributed by atoms with Gasteiger partial charge in [-0.05, 0) is 42.9 Å². The van der Waals surface area contributed by atoms with Crippen molar-refractivity contribution in [2.75, 3.05) is 33.5 Å². The van der Waals surface area contributed by atoms with Crippen molar-refractivity contribution in [3.63, 3.8) is 0 Å². The van der Waals surface area contributed by atoms with Crippen LogP contribution in [0.3, 0.4) is 0 Å². The molecule has 1 heterocycles. The minimum absolute atomic E-state index is 0.507. The molecule has 0 aliphatic carbocycles. The lowest BCUT2D eigenvalue weighted by Gasteiger charge is -2.22. The molecule has 5 nitrogen and oxygen atoms in total. The lowest BCUT2D eigenvalue weighted by molar-refractivity contribution is 0.0547. The van der Waals surface area contributed by atoms with Crippen molar-refractivity contribution in [1.82, 2.24) is 5.32 Å². The summed E-state index contributed by atoms with van der Waals surface area (Å²) < 4.78 is 16.6. The average Bonchev–Trinajstić information content (AvgIpc) is 2.60. The van der Waals surface area contributed by atoms with Crippen molar-refractivity contribution in [2.24, 2.45) is 5.92 Å². The maximum Gasteiger partial charge on any atom is 0.161 e. The van der Waals surface area contributed by atoms with Crippen LogP contribution in [-0.4, -0.2) is 33.5 Å². The summed E-state index contributed by atoms with van der Waals surface area (Å²) in [4.78, 5) is 0. The molecule has 23 heavy (non-hydrogen) atoms. The van der Waals surface area contributed by atoms with E-state index < -0.39 is 0 Å². The summed E-state index contributed by atoms with van der Waals surface area (Å²) in [5, 5.41) is 12.1. The number of nitrogens with zero attached hydrogens (tertiary/aromatic N) is 1. The third kappa shape index (κ3) is 6.09. The molecule has 2 rings (SSSR count). The summed E-state index contributed by atoms with van der Waals surface area (Å²) in [5.41, 5.74) is 1.16. The van der Waals surface area contributed by atoms with Gasteiger partial charge in [0.1, 0.15) is 0 Å². The van der Waals surface area contributed by atoms with Gasteiger partial charge in [-0.3, -0.25) is 0 Å². The molecule has 0 aromatic heterocycles. The van der Waals surface area contributed by atoms with Crippen molar-refractivity contribution >= 4 is 0 Å². The van der Waals surface area contributed by atoms with Crippen LogP contribution in [-0.2, 0) is 11.3 Å². The van der Waals surface area contributed by atoms with Crippen LogP contribution in [0.15, 0.2) is 18.2 Å². The minimum Gasteiger partial charge on any atom is -0.493 e. The smallest absolute Gasteiger partial charge is 0.161 e. The first kappa shape index (κ1) is 17.6. The first-order valence-electron chi connectivity index (χ1n) is 8.28. The van der Waals surface area contributed by atoms with E-state index in [-0.39, 0.29) is 0 Å². The Morgan fingerprint density at radius 3 is 3.04 bits per heavy atom. The van der Waals surface area contributed by atoms with Gasteiger partial charge in [0.2, 0.25) is 0 Å². The van der Waals surface area contributed by atoms with Gasteiger partial charge in [-0.2, -0.15) is 5.26 Å². The summed E-state index contributed by atoms with van der Waals surface area (Å²) in [6.07, 6.45) is 3.63. The van der Waals surface area contributed by atoms with Crippen LogP contribution in [0.25, 0.3) is 0 Å². The van der Waals surface area contributed by atoms with Crippen molar-refractivity contribution < 1.29 is 14.2 Å². The molecule has 1 aromatic rings. The predicted molar refractivity (Wildman–Crippen MR) is 88.6 cm³/mol. The second kappa shape index (κ2) is 10.1. The average molecular weight is 318 g/mol. The van der Waals surface area contributed by atoms with E-state index in [2.05, 4.69) is 11.4 Å². The van der Waals surface area contributed by atoms with Crippen molar-refractivity contribution in [1.29, 1.82) is 5.26 Å². The Morgan fingerprint density at radius 2 is 2.30 bits per heavy atom. The predicted octanol–water partition coefficient (Wildman–Crippen LogP) is 2.89. The van der Waals surface area contributed by atoms with E-state index in [1.54, 1.807) is 7.11 Å². The zero-order valence-corrected chi connectivity index (χ0v) is 13.8. The largest absolute Gasteiger partial charge is 0.493 e. The fraction of sp³-hybridized carbons (Fsp3) is 0.611. The quantitative estimate of drug-likeness (QED) is 0.709. The van der Waals surface area contributed by atoms with Gasteiger partial charge in [0, 0.05) is 26.1 Å². The topological polar surface area (TPSA) is 63.5 Å². The molecule has 1 aliphatic rings. The van der Waals surface area contributed by atoms with Crippen LogP contribution >= 0.6 is 0 Å². The normalized spacial score (nSPS) is 17.5. The fourth-order valence-corrected chi connectivity index (χ4v) is 2.67. The number of hydrogen-bond acceptors (Lipinski definition) is 5. The first-order valence-corrected chi connectivity index (χ1v) is 8.28. The number of ether oxygens (including phenoxy) is 3. The van der Waals surface area contributed by atoms with Crippen LogP contribution in [0.2, 0.25) is 0 Å². The summed E-state index contributed by atoms with van der Waals surface area (Å²) in [5.74, 6) is 2.08. The molecule has 0 bridgehead atoms. The Labute approximate surface area is 138 Å². The molecule has 0 spiro atoms. The van der Waals surface area contributed by atoms with Crippen LogP contribution in [0.4, 0.5) is 0 Å². The minimum atomic E-state index is 0.507. The zero-order chi connectivity index (χ0) is 16.3. The maximum absolute atomic E-state index is 8.57. The van der Waals surface area contributed by atoms with E-state index in [1.165, 1.54) is 6.42 Å². The summed E-state index contributed by atoms with van der Waals surface area (Å²) in [6, 6.07) is 8.11. The number of hydrogen-bond donors (Lipinski definition) is 1. The maximum atomic E-state index is 8.57. The summed E-state index contributed by atoms with van der Waals surface area (Å²) in [7, 11) is 1.64. The number of methoxy groups -OCH3 is 1. The van der Waals surface area contributed by atoms with E-state index in [4.69, 9.17) is 19.5 Å². The highest BCUT2D eigenvalue weighted by Crippen LogP contribution is 2.28. The highest BCUT2D eigenvalue weighted by molar-refractivity contribution is 5.42. The monoisotopic (exact) mass is 318 g/mol. The number of rotatable bonds is 9. The van der Waals surface area contributed by atoms with Gasteiger partial charge in [-0.15, -0.1) is 0 Å². The lowest BCUT2D eigenvalue weighted by Crippen LogP contribution is -2.28. The third-order valence-electron chi connectivity index (χ3n) is 3.94. The van der Waals surface area contributed by atoms with Gasteiger partial charge < -0.3 is 19.5 Å². The Kier molecular flexibility index (Phi) is 7.71. The molecule has 126 valence electrons. The molecule has 1 fully saturated rings. The number of nitriles is 1. The van der Waals surface area contributed by atoms with Gasteiger partial charge >= 0.3 is 0 Å². The lowest BCUT2D eigenvalue weighted by atomic mass is 10.0. The molecule has 0 saturated carbocycles. The van der Waals surface area contributed by atoms with E-state index in [9.17, 15) is 0 Å². The van der Waals surface area contributed by atoms with Gasteiger partial charge in [0.05, 0.1) is 26.4 Å². The summed E-state index contributed by atoms with van der Waals surface area (Å²) in [6.45, 7) is 4.07. The molecular weight excluding hydrogens is 292 g/mol. The molecule has 5 heteroatoms. The third-order valence-corrected chi connectivity index (χ3v) is 3.94. The van der Waals surface area contributed by atoms with Gasteiger partial charge in [-0.1, -0.05) is 6.07 Å². The molecule has 1 N–H and O–H groups in total. The molecule has 0 radical (unpaired) electrons. The Bertz CT molecular complexity index is 507. The van der Waals surface area contributed by atoms with E-state index in [0.29, 0.717) is 18.9 Å². The fourth-order valence-electron chi connectivity index (χ4n) is 2.67. The van der Waals surface area contributed by atoms with E-state index in [0.717, 1.165) is 56.2 Å². The van der Waals surface area contributed by atoms with Crippen molar-refractivity contribution in [3.8, 4) is 17.6 Å². The second-order valence-electron chi connectivity index (χ2n) is 5.81. The molecule has 1 unspecified atom stereocenters. The Balaban J connectivity index is 1.82. The van der Waals surface area contributed by atoms with E-state index >= 15 is 0 Å². The van der Waals surface area contributed by atoms with Crippen molar-refractivity contribution in [3.05, 3.63) is 23.8 Å². The Morgan fingerprint density at radius 1 is 1.39 bits per heavy atom. The second-order valence-corrected chi connectivity index (χ2v) is 5.81. The van der Waals surface area contributed by atoms with Crippen molar-refractivity contribution in [2.45, 2.75) is 32.2 Å². The molecule has 1 aromatic carbocycles. The zero-order valence-electron chi connectivity index (χ0n) is 13.8. The van der Waals surface area contributed by atoms with Crippen LogP contribution in [0, 0.1) is 17.2 Å². The SMILES string of the molecule is COc1ccc(CNCC2CCCOC2)cc1OCCCC#N. The van der Waals surface area contributed by atoms with Gasteiger partial charge in [0.15, 0.2) is 11.5 Å². The Hall–Kier alpha value is -1.77. The summed E-state index contributed by atoms with van der Waals surface area (Å²) >= 11 is 0. The highest BCUT2D eigenvalue weighted by Gasteiger charge is 2.13. The standard InChI is InChI=1S/C18H26N2O3/c1-21-17-7-6-15(11-18(17)23-10-3-2-8-19)12-20-13-16-5-4-9-22-14-16/h6-7,11,16,20H,2-5,9-10,12-14H2,1H3. The van der Waals surface area contributed by atoms with Crippen LogP contribution in [0.1, 0.15) is 31.2 Å². The molecule has 1 aliphatic heterocycles. The van der Waals surface area contributed by atoms with Crippen LogP contribution in [0.5, 0.6) is 11.5 Å². The molecular formula is C18H26N2O3. The van der Waals surface area contributed by atoms with Gasteiger partial charge in [-0.25, -0.2) is 0 Å². The molecule has 0 amide bonds. The first-order chi connectivity index (χ1) is 11.3. The van der Waals surface area contributed by atoms with Crippen LogP contribution < -0.4 is 14.8 Å². The number of benzene rings is 1. The number of nitrogens with one attached hydrogen (secondary N) is 1.